The van der Waals surface area contributed by atoms with Crippen LogP contribution >= 0.6 is 0 Å². The zero-order valence-electron chi connectivity index (χ0n) is 19.7. The van der Waals surface area contributed by atoms with Crippen LogP contribution in [0.2, 0.25) is 0 Å². The van der Waals surface area contributed by atoms with Gasteiger partial charge >= 0.3 is 6.09 Å². The molecule has 2 bridgehead atoms. The van der Waals surface area contributed by atoms with Crippen molar-refractivity contribution < 1.29 is 19.4 Å². The molecule has 2 aliphatic heterocycles. The van der Waals surface area contributed by atoms with Crippen LogP contribution in [0, 0.1) is 0 Å². The Balaban J connectivity index is 1.71. The first kappa shape index (κ1) is 24.0. The van der Waals surface area contributed by atoms with E-state index in [4.69, 9.17) is 10.5 Å². The van der Waals surface area contributed by atoms with Crippen LogP contribution in [0.5, 0.6) is 0 Å². The molecule has 1 saturated heterocycles. The third-order valence-corrected chi connectivity index (χ3v) is 6.43. The van der Waals surface area contributed by atoms with E-state index >= 15 is 0 Å². The summed E-state index contributed by atoms with van der Waals surface area (Å²) in [6.07, 6.45) is 5.42. The Hall–Kier alpha value is -3.17. The Morgan fingerprint density at radius 3 is 2.71 bits per heavy atom. The first-order valence-corrected chi connectivity index (χ1v) is 11.7. The predicted molar refractivity (Wildman–Crippen MR) is 130 cm³/mol. The number of nitrogens with two attached hydrogens (primary N) is 1. The lowest BCUT2D eigenvalue weighted by Gasteiger charge is -2.45. The molecule has 0 saturated carbocycles. The van der Waals surface area contributed by atoms with Gasteiger partial charge in [-0.25, -0.2) is 4.79 Å². The summed E-state index contributed by atoms with van der Waals surface area (Å²) in [4.78, 5) is 31.3. The summed E-state index contributed by atoms with van der Waals surface area (Å²) in [5.41, 5.74) is 9.46. The van der Waals surface area contributed by atoms with E-state index in [2.05, 4.69) is 15.6 Å². The van der Waals surface area contributed by atoms with Crippen molar-refractivity contribution in [3.8, 4) is 11.1 Å². The molecule has 34 heavy (non-hydrogen) atoms. The topological polar surface area (TPSA) is 130 Å². The van der Waals surface area contributed by atoms with E-state index in [1.807, 2.05) is 18.2 Å². The number of anilines is 2. The summed E-state index contributed by atoms with van der Waals surface area (Å²) < 4.78 is 4.73. The molecule has 1 fully saturated rings. The van der Waals surface area contributed by atoms with Crippen molar-refractivity contribution in [3.63, 3.8) is 0 Å². The minimum atomic E-state index is -0.835. The number of methoxy groups -OCH3 is 1. The zero-order chi connectivity index (χ0) is 24.3. The van der Waals surface area contributed by atoms with Gasteiger partial charge in [-0.2, -0.15) is 0 Å². The highest BCUT2D eigenvalue weighted by molar-refractivity contribution is 5.91. The van der Waals surface area contributed by atoms with Crippen LogP contribution in [0.4, 0.5) is 16.2 Å². The molecule has 9 nitrogen and oxygen atoms in total. The number of hydrogen-bond acceptors (Lipinski definition) is 7. The number of rotatable bonds is 2. The number of nitrogens with one attached hydrogen (secondary N) is 2. The molecular weight excluding hydrogens is 434 g/mol. The quantitative estimate of drug-likeness (QED) is 0.533. The average Bonchev–Trinajstić information content (AvgIpc) is 2.81. The Kier molecular flexibility index (Phi) is 7.04. The van der Waals surface area contributed by atoms with Crippen LogP contribution in [0.15, 0.2) is 36.5 Å². The fourth-order valence-electron chi connectivity index (χ4n) is 4.62. The van der Waals surface area contributed by atoms with Gasteiger partial charge in [0.15, 0.2) is 0 Å². The van der Waals surface area contributed by atoms with E-state index in [9.17, 15) is 14.7 Å². The largest absolute Gasteiger partial charge is 0.453 e. The number of β-amino-alcohol motifs (C(OH)–C–C–N with tert-alkyl or cyclic N) is 1. The zero-order valence-corrected chi connectivity index (χ0v) is 19.7. The van der Waals surface area contributed by atoms with E-state index in [0.717, 1.165) is 42.5 Å². The van der Waals surface area contributed by atoms with Crippen molar-refractivity contribution in [2.75, 3.05) is 30.8 Å². The molecule has 2 aromatic rings. The lowest BCUT2D eigenvalue weighted by Crippen LogP contribution is -2.64. The maximum Gasteiger partial charge on any atom is 0.411 e. The second kappa shape index (κ2) is 9.99. The van der Waals surface area contributed by atoms with Crippen molar-refractivity contribution >= 4 is 23.4 Å². The van der Waals surface area contributed by atoms with Gasteiger partial charge in [-0.3, -0.25) is 15.1 Å². The molecule has 3 heterocycles. The van der Waals surface area contributed by atoms with E-state index in [0.29, 0.717) is 30.9 Å². The highest BCUT2D eigenvalue weighted by atomic mass is 16.5. The average molecular weight is 468 g/mol. The molecule has 1 aromatic carbocycles. The molecule has 4 rings (SSSR count). The lowest BCUT2D eigenvalue weighted by molar-refractivity contribution is -0.153. The maximum absolute atomic E-state index is 13.3. The van der Waals surface area contributed by atoms with Crippen LogP contribution in [0.25, 0.3) is 11.1 Å². The number of nitrogens with zero attached hydrogens (tertiary/aromatic N) is 2. The summed E-state index contributed by atoms with van der Waals surface area (Å²) in [5, 5.41) is 16.3. The summed E-state index contributed by atoms with van der Waals surface area (Å²) in [6, 6.07) is 8.77. The maximum atomic E-state index is 13.3. The molecule has 1 unspecified atom stereocenters. The third-order valence-electron chi connectivity index (χ3n) is 6.43. The number of aliphatic hydroxyl groups is 1. The van der Waals surface area contributed by atoms with E-state index < -0.39 is 17.7 Å². The smallest absolute Gasteiger partial charge is 0.411 e. The predicted octanol–water partition coefficient (Wildman–Crippen LogP) is 3.26. The Bertz CT molecular complexity index is 1050. The van der Waals surface area contributed by atoms with Gasteiger partial charge in [-0.1, -0.05) is 25.3 Å². The standard InChI is InChI=1S/C25H33N5O4/c1-25(33)14-30(15-25)23(31)20-7-5-3-4-6-19(26)22-12-16(10-11-27-22)18-9-8-17(13-21(18)29-20)28-24(32)34-2/h8-13,19-20,29,33H,3-7,14-15,26H2,1-2H3,(H,28,32)/t19-,20?/m0/s1. The van der Waals surface area contributed by atoms with Gasteiger partial charge in [0.2, 0.25) is 5.91 Å². The second-order valence-electron chi connectivity index (χ2n) is 9.48. The normalized spacial score (nSPS) is 21.9. The highest BCUT2D eigenvalue weighted by Crippen LogP contribution is 2.34. The van der Waals surface area contributed by atoms with Crippen molar-refractivity contribution in [1.82, 2.24) is 9.88 Å². The number of pyridine rings is 1. The molecule has 0 radical (unpaired) electrons. The van der Waals surface area contributed by atoms with Gasteiger partial charge in [0, 0.05) is 29.2 Å². The molecule has 2 aliphatic rings. The Morgan fingerprint density at radius 2 is 1.97 bits per heavy atom. The van der Waals surface area contributed by atoms with Crippen molar-refractivity contribution in [1.29, 1.82) is 0 Å². The number of amides is 2. The second-order valence-corrected chi connectivity index (χ2v) is 9.48. The Morgan fingerprint density at radius 1 is 1.21 bits per heavy atom. The number of fused-ring (bicyclic) bond motifs is 4. The van der Waals surface area contributed by atoms with Crippen molar-refractivity contribution in [2.24, 2.45) is 5.73 Å². The van der Waals surface area contributed by atoms with Gasteiger partial charge in [0.05, 0.1) is 31.5 Å². The molecular formula is C25H33N5O4. The third kappa shape index (κ3) is 5.48. The van der Waals surface area contributed by atoms with Gasteiger partial charge in [0.25, 0.3) is 0 Å². The minimum Gasteiger partial charge on any atom is -0.453 e. The highest BCUT2D eigenvalue weighted by Gasteiger charge is 2.41. The van der Waals surface area contributed by atoms with Gasteiger partial charge in [0.1, 0.15) is 6.04 Å². The Labute approximate surface area is 199 Å². The monoisotopic (exact) mass is 467 g/mol. The molecule has 9 heteroatoms. The molecule has 0 spiro atoms. The molecule has 5 N–H and O–H groups in total. The number of carbonyl (C=O) groups excluding carboxylic acids is 2. The van der Waals surface area contributed by atoms with Gasteiger partial charge in [-0.15, -0.1) is 0 Å². The number of benzene rings is 1. The molecule has 182 valence electrons. The number of carbonyl (C=O) groups is 2. The molecule has 0 aliphatic carbocycles. The van der Waals surface area contributed by atoms with Gasteiger partial charge in [-0.05, 0) is 49.6 Å². The van der Waals surface area contributed by atoms with E-state index in [1.165, 1.54) is 7.11 Å². The number of aromatic nitrogens is 1. The summed E-state index contributed by atoms with van der Waals surface area (Å²) in [5.74, 6) is -0.0363. The minimum absolute atomic E-state index is 0.0363. The van der Waals surface area contributed by atoms with Crippen molar-refractivity contribution in [3.05, 3.63) is 42.2 Å². The first-order chi connectivity index (χ1) is 16.3. The number of ether oxygens (including phenoxy) is 1. The molecule has 2 amide bonds. The van der Waals surface area contributed by atoms with Crippen LogP contribution in [-0.2, 0) is 9.53 Å². The number of likely N-dealkylation sites (tertiary alicyclic amines) is 1. The molecule has 1 aromatic heterocycles. The first-order valence-electron chi connectivity index (χ1n) is 11.7. The number of hydrogen-bond donors (Lipinski definition) is 4. The van der Waals surface area contributed by atoms with E-state index in [1.54, 1.807) is 30.2 Å². The summed E-state index contributed by atoms with van der Waals surface area (Å²) >= 11 is 0. The summed E-state index contributed by atoms with van der Waals surface area (Å²) in [7, 11) is 1.31. The fourth-order valence-corrected chi connectivity index (χ4v) is 4.62. The van der Waals surface area contributed by atoms with Crippen LogP contribution in [0.3, 0.4) is 0 Å². The van der Waals surface area contributed by atoms with Crippen LogP contribution < -0.4 is 16.4 Å². The summed E-state index contributed by atoms with van der Waals surface area (Å²) in [6.45, 7) is 2.38. The van der Waals surface area contributed by atoms with Crippen LogP contribution in [-0.4, -0.2) is 58.8 Å². The SMILES string of the molecule is COC(=O)Nc1ccc2c(c1)NC(C(=O)N1CC(C)(O)C1)CCCCC[C@H](N)c1cc-2ccn1. The van der Waals surface area contributed by atoms with E-state index in [-0.39, 0.29) is 11.9 Å². The lowest BCUT2D eigenvalue weighted by atomic mass is 9.94. The fraction of sp³-hybridized carbons (Fsp3) is 0.480. The van der Waals surface area contributed by atoms with Gasteiger partial charge < -0.3 is 25.8 Å². The van der Waals surface area contributed by atoms with Crippen molar-refractivity contribution in [2.45, 2.75) is 56.7 Å². The van der Waals surface area contributed by atoms with Crippen LogP contribution in [0.1, 0.15) is 50.8 Å². The molecule has 2 atom stereocenters.